The Balaban J connectivity index is 1.68. The first-order chi connectivity index (χ1) is 11.7. The van der Waals surface area contributed by atoms with E-state index in [4.69, 9.17) is 4.74 Å². The lowest BCUT2D eigenvalue weighted by Crippen LogP contribution is -2.26. The van der Waals surface area contributed by atoms with Crippen LogP contribution in [-0.4, -0.2) is 41.9 Å². The van der Waals surface area contributed by atoms with Crippen LogP contribution in [0.5, 0.6) is 0 Å². The van der Waals surface area contributed by atoms with Crippen molar-refractivity contribution in [3.8, 4) is 0 Å². The van der Waals surface area contributed by atoms with E-state index in [1.54, 1.807) is 24.8 Å². The molecule has 0 spiro atoms. The predicted octanol–water partition coefficient (Wildman–Crippen LogP) is 3.06. The summed E-state index contributed by atoms with van der Waals surface area (Å²) in [5, 5.41) is 5.04. The fourth-order valence-electron chi connectivity index (χ4n) is 2.98. The van der Waals surface area contributed by atoms with E-state index in [1.807, 2.05) is 0 Å². The molecule has 24 heavy (non-hydrogen) atoms. The number of thioether (sulfide) groups is 1. The van der Waals surface area contributed by atoms with Crippen LogP contribution < -0.4 is 5.32 Å². The molecule has 1 aliphatic carbocycles. The summed E-state index contributed by atoms with van der Waals surface area (Å²) in [6, 6.07) is 0. The Kier molecular flexibility index (Phi) is 6.08. The zero-order valence-electron chi connectivity index (χ0n) is 14.1. The van der Waals surface area contributed by atoms with E-state index in [9.17, 15) is 4.79 Å². The zero-order valence-corrected chi connectivity index (χ0v) is 15.8. The highest BCUT2D eigenvalue weighted by Crippen LogP contribution is 2.40. The minimum Gasteiger partial charge on any atom is -0.385 e. The third-order valence-corrected chi connectivity index (χ3v) is 6.40. The van der Waals surface area contributed by atoms with E-state index in [0.29, 0.717) is 18.9 Å². The number of hydrogen-bond acceptors (Lipinski definition) is 6. The fraction of sp³-hybridized carbons (Fsp3) is 0.588. The van der Waals surface area contributed by atoms with Gasteiger partial charge in [-0.05, 0) is 37.2 Å². The van der Waals surface area contributed by atoms with Crippen molar-refractivity contribution in [2.75, 3.05) is 26.0 Å². The quantitative estimate of drug-likeness (QED) is 0.464. The van der Waals surface area contributed by atoms with Crippen LogP contribution in [0.3, 0.4) is 0 Å². The molecule has 0 saturated carbocycles. The Labute approximate surface area is 150 Å². The van der Waals surface area contributed by atoms with Crippen LogP contribution in [0.4, 0.5) is 0 Å². The first-order valence-electron chi connectivity index (χ1n) is 8.32. The van der Waals surface area contributed by atoms with E-state index >= 15 is 0 Å². The summed E-state index contributed by atoms with van der Waals surface area (Å²) in [5.74, 6) is 1.17. The molecule has 5 nitrogen and oxygen atoms in total. The highest BCUT2D eigenvalue weighted by atomic mass is 32.2. The summed E-state index contributed by atoms with van der Waals surface area (Å²) in [6.07, 6.45) is 5.91. The number of nitrogens with one attached hydrogen (secondary N) is 1. The zero-order chi connectivity index (χ0) is 16.9. The lowest BCUT2D eigenvalue weighted by Gasteiger charge is -2.18. The van der Waals surface area contributed by atoms with Crippen molar-refractivity contribution < 1.29 is 9.53 Å². The standard InChI is InChI=1S/C17H23N3O2S2/c1-11-4-5-12-13(8-11)24-17-15(12)16(19-10-20-17)23-9-14(21)18-6-3-7-22-2/h10-11H,3-9H2,1-2H3,(H,18,21)/t11-/m1/s1. The topological polar surface area (TPSA) is 64.1 Å². The second kappa shape index (κ2) is 8.27. The molecule has 2 aromatic heterocycles. The molecule has 3 rings (SSSR count). The van der Waals surface area contributed by atoms with Gasteiger partial charge in [-0.3, -0.25) is 4.79 Å². The molecule has 0 fully saturated rings. The molecule has 1 amide bonds. The van der Waals surface area contributed by atoms with Crippen molar-refractivity contribution in [2.45, 2.75) is 37.6 Å². The number of aromatic nitrogens is 2. The van der Waals surface area contributed by atoms with Crippen LogP contribution >= 0.6 is 23.1 Å². The van der Waals surface area contributed by atoms with Crippen LogP contribution in [0.25, 0.3) is 10.2 Å². The number of aryl methyl sites for hydroxylation is 1. The SMILES string of the molecule is COCCCNC(=O)CSc1ncnc2sc3c(c12)CC[C@@H](C)C3. The third kappa shape index (κ3) is 4.07. The van der Waals surface area contributed by atoms with Gasteiger partial charge in [-0.1, -0.05) is 18.7 Å². The largest absolute Gasteiger partial charge is 0.385 e. The van der Waals surface area contributed by atoms with Gasteiger partial charge in [0.1, 0.15) is 16.2 Å². The number of carbonyl (C=O) groups is 1. The molecular formula is C17H23N3O2S2. The fourth-order valence-corrected chi connectivity index (χ4v) is 5.26. The molecule has 0 bridgehead atoms. The highest BCUT2D eigenvalue weighted by molar-refractivity contribution is 8.00. The Bertz CT molecular complexity index is 717. The number of thiophene rings is 1. The Hall–Kier alpha value is -1.18. The highest BCUT2D eigenvalue weighted by Gasteiger charge is 2.23. The molecule has 1 N–H and O–H groups in total. The van der Waals surface area contributed by atoms with Gasteiger partial charge in [0, 0.05) is 30.5 Å². The van der Waals surface area contributed by atoms with Crippen LogP contribution in [0.1, 0.15) is 30.2 Å². The smallest absolute Gasteiger partial charge is 0.230 e. The lowest BCUT2D eigenvalue weighted by atomic mass is 9.89. The van der Waals surface area contributed by atoms with Crippen LogP contribution in [-0.2, 0) is 22.4 Å². The molecule has 2 heterocycles. The van der Waals surface area contributed by atoms with Gasteiger partial charge >= 0.3 is 0 Å². The third-order valence-electron chi connectivity index (χ3n) is 4.24. The number of hydrogen-bond donors (Lipinski definition) is 1. The summed E-state index contributed by atoms with van der Waals surface area (Å²) < 4.78 is 4.98. The number of amides is 1. The molecule has 0 aromatic carbocycles. The Morgan fingerprint density at radius 1 is 1.50 bits per heavy atom. The minimum absolute atomic E-state index is 0.0422. The molecule has 7 heteroatoms. The number of fused-ring (bicyclic) bond motifs is 3. The maximum absolute atomic E-state index is 12.0. The molecule has 0 saturated heterocycles. The van der Waals surface area contributed by atoms with Gasteiger partial charge in [-0.15, -0.1) is 11.3 Å². The van der Waals surface area contributed by atoms with Crippen molar-refractivity contribution in [3.63, 3.8) is 0 Å². The molecular weight excluding hydrogens is 342 g/mol. The van der Waals surface area contributed by atoms with E-state index in [-0.39, 0.29) is 5.91 Å². The number of nitrogens with zero attached hydrogens (tertiary/aromatic N) is 2. The van der Waals surface area contributed by atoms with Crippen molar-refractivity contribution in [3.05, 3.63) is 16.8 Å². The van der Waals surface area contributed by atoms with Gasteiger partial charge in [0.15, 0.2) is 0 Å². The first-order valence-corrected chi connectivity index (χ1v) is 10.1. The number of rotatable bonds is 7. The van der Waals surface area contributed by atoms with Gasteiger partial charge in [0.25, 0.3) is 0 Å². The number of methoxy groups -OCH3 is 1. The maximum atomic E-state index is 12.0. The van der Waals surface area contributed by atoms with Crippen molar-refractivity contribution in [2.24, 2.45) is 5.92 Å². The van der Waals surface area contributed by atoms with Gasteiger partial charge in [0.05, 0.1) is 5.75 Å². The molecule has 130 valence electrons. The second-order valence-corrected chi connectivity index (χ2v) is 8.24. The summed E-state index contributed by atoms with van der Waals surface area (Å²) in [5.41, 5.74) is 1.41. The second-order valence-electron chi connectivity index (χ2n) is 6.20. The average Bonchev–Trinajstić information content (AvgIpc) is 2.94. The first kappa shape index (κ1) is 17.6. The number of ether oxygens (including phenoxy) is 1. The number of carbonyl (C=O) groups excluding carboxylic acids is 1. The summed E-state index contributed by atoms with van der Waals surface area (Å²) in [6.45, 7) is 3.63. The van der Waals surface area contributed by atoms with Crippen LogP contribution in [0, 0.1) is 5.92 Å². The predicted molar refractivity (Wildman–Crippen MR) is 98.8 cm³/mol. The average molecular weight is 366 g/mol. The summed E-state index contributed by atoms with van der Waals surface area (Å²) >= 11 is 3.30. The van der Waals surface area contributed by atoms with E-state index in [1.165, 1.54) is 34.0 Å². The lowest BCUT2D eigenvalue weighted by molar-refractivity contribution is -0.118. The van der Waals surface area contributed by atoms with Crippen LogP contribution in [0.2, 0.25) is 0 Å². The normalized spacial score (nSPS) is 17.0. The Morgan fingerprint density at radius 2 is 2.38 bits per heavy atom. The molecule has 0 aliphatic heterocycles. The van der Waals surface area contributed by atoms with E-state index in [2.05, 4.69) is 22.2 Å². The molecule has 1 atom stereocenters. The van der Waals surface area contributed by atoms with E-state index in [0.717, 1.165) is 35.0 Å². The van der Waals surface area contributed by atoms with Crippen molar-refractivity contribution in [1.82, 2.24) is 15.3 Å². The monoisotopic (exact) mass is 365 g/mol. The molecule has 1 aliphatic rings. The van der Waals surface area contributed by atoms with Gasteiger partial charge in [0.2, 0.25) is 5.91 Å². The maximum Gasteiger partial charge on any atom is 0.230 e. The van der Waals surface area contributed by atoms with Crippen molar-refractivity contribution >= 4 is 39.2 Å². The Morgan fingerprint density at radius 3 is 3.21 bits per heavy atom. The van der Waals surface area contributed by atoms with Crippen LogP contribution in [0.15, 0.2) is 11.4 Å². The molecule has 0 unspecified atom stereocenters. The van der Waals surface area contributed by atoms with E-state index < -0.39 is 0 Å². The van der Waals surface area contributed by atoms with Gasteiger partial charge in [-0.25, -0.2) is 9.97 Å². The van der Waals surface area contributed by atoms with Gasteiger partial charge in [-0.2, -0.15) is 0 Å². The summed E-state index contributed by atoms with van der Waals surface area (Å²) in [4.78, 5) is 23.4. The minimum atomic E-state index is 0.0422. The van der Waals surface area contributed by atoms with Crippen molar-refractivity contribution in [1.29, 1.82) is 0 Å². The summed E-state index contributed by atoms with van der Waals surface area (Å²) in [7, 11) is 1.67. The molecule has 0 radical (unpaired) electrons. The molecule has 2 aromatic rings. The van der Waals surface area contributed by atoms with Gasteiger partial charge < -0.3 is 10.1 Å².